The van der Waals surface area contributed by atoms with E-state index in [-0.39, 0.29) is 30.0 Å². The Kier molecular flexibility index (Phi) is 5.51. The lowest BCUT2D eigenvalue weighted by molar-refractivity contribution is -0.139. The lowest BCUT2D eigenvalue weighted by Crippen LogP contribution is -2.50. The Balaban J connectivity index is 2.17. The van der Waals surface area contributed by atoms with Crippen LogP contribution in [0.5, 0.6) is 0 Å². The zero-order valence-corrected chi connectivity index (χ0v) is 13.2. The van der Waals surface area contributed by atoms with E-state index in [1.54, 1.807) is 13.8 Å². The van der Waals surface area contributed by atoms with Gasteiger partial charge in [-0.2, -0.15) is 0 Å². The Hall–Kier alpha value is -2.90. The second-order valence-corrected chi connectivity index (χ2v) is 5.02. The normalized spacial score (nSPS) is 17.0. The highest BCUT2D eigenvalue weighted by Gasteiger charge is 2.30. The van der Waals surface area contributed by atoms with Crippen LogP contribution in [0, 0.1) is 5.82 Å². The molecule has 7 nitrogen and oxygen atoms in total. The number of urea groups is 1. The van der Waals surface area contributed by atoms with Gasteiger partial charge < -0.3 is 20.1 Å². The minimum atomic E-state index is -0.773. The van der Waals surface area contributed by atoms with E-state index in [0.717, 1.165) is 6.07 Å². The van der Waals surface area contributed by atoms with Crippen molar-refractivity contribution < 1.29 is 28.2 Å². The molecule has 8 heteroatoms. The SMILES string of the molecule is CCOC(=O)C1=C(COC(=O)c2cccc(F)c2)NC(=O)N[C@@H]1C. The monoisotopic (exact) mass is 336 g/mol. The lowest BCUT2D eigenvalue weighted by Gasteiger charge is -2.26. The molecule has 24 heavy (non-hydrogen) atoms. The van der Waals surface area contributed by atoms with Gasteiger partial charge in [0.2, 0.25) is 0 Å². The molecule has 0 bridgehead atoms. The summed E-state index contributed by atoms with van der Waals surface area (Å²) in [5, 5.41) is 4.96. The predicted molar refractivity (Wildman–Crippen MR) is 81.5 cm³/mol. The first-order chi connectivity index (χ1) is 11.4. The number of hydrogen-bond acceptors (Lipinski definition) is 5. The highest BCUT2D eigenvalue weighted by molar-refractivity contribution is 5.95. The number of esters is 2. The number of halogens is 1. The molecular weight excluding hydrogens is 319 g/mol. The Morgan fingerprint density at radius 1 is 1.25 bits per heavy atom. The van der Waals surface area contributed by atoms with Crippen LogP contribution in [0.15, 0.2) is 35.5 Å². The number of nitrogens with one attached hydrogen (secondary N) is 2. The van der Waals surface area contributed by atoms with Crippen molar-refractivity contribution in [2.45, 2.75) is 19.9 Å². The van der Waals surface area contributed by atoms with Crippen LogP contribution in [-0.2, 0) is 14.3 Å². The molecule has 0 saturated carbocycles. The smallest absolute Gasteiger partial charge is 0.338 e. The van der Waals surface area contributed by atoms with Gasteiger partial charge in [0.25, 0.3) is 0 Å². The van der Waals surface area contributed by atoms with Gasteiger partial charge in [-0.3, -0.25) is 0 Å². The molecule has 1 aromatic carbocycles. The van der Waals surface area contributed by atoms with E-state index in [4.69, 9.17) is 9.47 Å². The van der Waals surface area contributed by atoms with E-state index in [0.29, 0.717) is 0 Å². The molecule has 0 radical (unpaired) electrons. The van der Waals surface area contributed by atoms with Gasteiger partial charge in [-0.25, -0.2) is 18.8 Å². The summed E-state index contributed by atoms with van der Waals surface area (Å²) in [6.45, 7) is 3.08. The topological polar surface area (TPSA) is 93.7 Å². The summed E-state index contributed by atoms with van der Waals surface area (Å²) < 4.78 is 23.1. The summed E-state index contributed by atoms with van der Waals surface area (Å²) in [5.74, 6) is -1.96. The lowest BCUT2D eigenvalue weighted by atomic mass is 10.0. The maximum Gasteiger partial charge on any atom is 0.338 e. The fourth-order valence-corrected chi connectivity index (χ4v) is 2.23. The first-order valence-corrected chi connectivity index (χ1v) is 7.32. The third kappa shape index (κ3) is 4.09. The first kappa shape index (κ1) is 17.5. The van der Waals surface area contributed by atoms with Crippen LogP contribution in [0.25, 0.3) is 0 Å². The molecule has 1 heterocycles. The summed E-state index contributed by atoms with van der Waals surface area (Å²) in [5.41, 5.74) is 0.333. The van der Waals surface area contributed by atoms with Crippen LogP contribution in [0.2, 0.25) is 0 Å². The van der Waals surface area contributed by atoms with E-state index in [1.165, 1.54) is 18.2 Å². The average Bonchev–Trinajstić information content (AvgIpc) is 2.52. The second-order valence-electron chi connectivity index (χ2n) is 5.02. The molecular formula is C16H17FN2O5. The molecule has 2 N–H and O–H groups in total. The second kappa shape index (κ2) is 7.58. The average molecular weight is 336 g/mol. The van der Waals surface area contributed by atoms with Crippen molar-refractivity contribution in [2.75, 3.05) is 13.2 Å². The summed E-state index contributed by atoms with van der Waals surface area (Å²) in [7, 11) is 0. The maximum absolute atomic E-state index is 13.1. The molecule has 0 aromatic heterocycles. The highest BCUT2D eigenvalue weighted by Crippen LogP contribution is 2.15. The van der Waals surface area contributed by atoms with Crippen molar-refractivity contribution in [2.24, 2.45) is 0 Å². The number of hydrogen-bond donors (Lipinski definition) is 2. The van der Waals surface area contributed by atoms with Gasteiger partial charge in [0.1, 0.15) is 12.4 Å². The van der Waals surface area contributed by atoms with Gasteiger partial charge in [0.15, 0.2) is 0 Å². The van der Waals surface area contributed by atoms with Crippen LogP contribution in [0.4, 0.5) is 9.18 Å². The molecule has 0 saturated heterocycles. The number of carbonyl (C=O) groups excluding carboxylic acids is 3. The number of carbonyl (C=O) groups is 3. The van der Waals surface area contributed by atoms with Crippen LogP contribution in [-0.4, -0.2) is 37.2 Å². The van der Waals surface area contributed by atoms with Gasteiger partial charge >= 0.3 is 18.0 Å². The molecule has 1 aliphatic heterocycles. The van der Waals surface area contributed by atoms with Crippen molar-refractivity contribution >= 4 is 18.0 Å². The molecule has 1 aromatic rings. The Morgan fingerprint density at radius 2 is 2.00 bits per heavy atom. The molecule has 0 aliphatic carbocycles. The summed E-state index contributed by atoms with van der Waals surface area (Å²) >= 11 is 0. The third-order valence-corrected chi connectivity index (χ3v) is 3.27. The highest BCUT2D eigenvalue weighted by atomic mass is 19.1. The number of benzene rings is 1. The van der Waals surface area contributed by atoms with Crippen molar-refractivity contribution in [1.82, 2.24) is 10.6 Å². The standard InChI is InChI=1S/C16H17FN2O5/c1-3-23-15(21)13-9(2)18-16(22)19-12(13)8-24-14(20)10-5-4-6-11(17)7-10/h4-7,9H,3,8H2,1-2H3,(H2,18,19,22)/t9-/m1/s1. The van der Waals surface area contributed by atoms with E-state index in [1.807, 2.05) is 0 Å². The minimum Gasteiger partial charge on any atom is -0.463 e. The van der Waals surface area contributed by atoms with Crippen molar-refractivity contribution in [3.05, 3.63) is 46.9 Å². The molecule has 2 rings (SSSR count). The van der Waals surface area contributed by atoms with Crippen molar-refractivity contribution in [3.63, 3.8) is 0 Å². The predicted octanol–water partition coefficient (Wildman–Crippen LogP) is 1.50. The first-order valence-electron chi connectivity index (χ1n) is 7.32. The molecule has 0 fully saturated rings. The number of ether oxygens (including phenoxy) is 2. The maximum atomic E-state index is 13.1. The summed E-state index contributed by atoms with van der Waals surface area (Å²) in [4.78, 5) is 35.5. The van der Waals surface area contributed by atoms with E-state index in [2.05, 4.69) is 10.6 Å². The van der Waals surface area contributed by atoms with E-state index in [9.17, 15) is 18.8 Å². The molecule has 2 amide bonds. The van der Waals surface area contributed by atoms with Gasteiger partial charge in [0.05, 0.1) is 29.5 Å². The molecule has 128 valence electrons. The summed E-state index contributed by atoms with van der Waals surface area (Å²) in [6, 6.07) is 3.90. The largest absolute Gasteiger partial charge is 0.463 e. The summed E-state index contributed by atoms with van der Waals surface area (Å²) in [6.07, 6.45) is 0. The van der Waals surface area contributed by atoms with Gasteiger partial charge in [-0.15, -0.1) is 0 Å². The minimum absolute atomic E-state index is 0.0293. The molecule has 0 unspecified atom stereocenters. The fraction of sp³-hybridized carbons (Fsp3) is 0.312. The van der Waals surface area contributed by atoms with Gasteiger partial charge in [-0.1, -0.05) is 6.07 Å². The van der Waals surface area contributed by atoms with E-state index >= 15 is 0 Å². The van der Waals surface area contributed by atoms with Gasteiger partial charge in [0, 0.05) is 0 Å². The van der Waals surface area contributed by atoms with Gasteiger partial charge in [-0.05, 0) is 32.0 Å². The van der Waals surface area contributed by atoms with Crippen LogP contribution < -0.4 is 10.6 Å². The van der Waals surface area contributed by atoms with Crippen LogP contribution >= 0.6 is 0 Å². The van der Waals surface area contributed by atoms with E-state index < -0.39 is 29.8 Å². The third-order valence-electron chi connectivity index (χ3n) is 3.27. The zero-order valence-electron chi connectivity index (χ0n) is 13.2. The van der Waals surface area contributed by atoms with Crippen molar-refractivity contribution in [3.8, 4) is 0 Å². The van der Waals surface area contributed by atoms with Crippen LogP contribution in [0.1, 0.15) is 24.2 Å². The molecule has 0 spiro atoms. The number of amides is 2. The Bertz CT molecular complexity index is 701. The Morgan fingerprint density at radius 3 is 2.67 bits per heavy atom. The number of rotatable bonds is 5. The Labute approximate surface area is 137 Å². The quantitative estimate of drug-likeness (QED) is 0.795. The molecule has 1 aliphatic rings. The zero-order chi connectivity index (χ0) is 17.7. The molecule has 1 atom stereocenters. The fourth-order valence-electron chi connectivity index (χ4n) is 2.23. The van der Waals surface area contributed by atoms with Crippen LogP contribution in [0.3, 0.4) is 0 Å². The van der Waals surface area contributed by atoms with Crippen molar-refractivity contribution in [1.29, 1.82) is 0 Å².